The van der Waals surface area contributed by atoms with Crippen LogP contribution in [0.15, 0.2) is 97.1 Å². The van der Waals surface area contributed by atoms with Gasteiger partial charge in [-0.3, -0.25) is 0 Å². The molecule has 1 radical (unpaired) electrons. The summed E-state index contributed by atoms with van der Waals surface area (Å²) in [6.45, 7) is 21.4. The van der Waals surface area contributed by atoms with Crippen molar-refractivity contribution >= 4 is 133 Å². The molecule has 0 spiro atoms. The van der Waals surface area contributed by atoms with Gasteiger partial charge in [0, 0.05) is 87.9 Å². The summed E-state index contributed by atoms with van der Waals surface area (Å²) in [4.78, 5) is 19.6. The summed E-state index contributed by atoms with van der Waals surface area (Å²) >= 11 is 0. The summed E-state index contributed by atoms with van der Waals surface area (Å²) in [5.41, 5.74) is 0. The molecule has 4 aromatic heterocycles. The van der Waals surface area contributed by atoms with Crippen molar-refractivity contribution in [2.75, 3.05) is 74.1 Å². The summed E-state index contributed by atoms with van der Waals surface area (Å²) < 4.78 is 57.6. The first kappa shape index (κ1) is 68.0. The van der Waals surface area contributed by atoms with Crippen molar-refractivity contribution in [1.82, 2.24) is 19.9 Å². The second-order valence-electron chi connectivity index (χ2n) is 25.3. The molecule has 0 saturated carbocycles. The molecule has 16 nitrogen and oxygen atoms in total. The standard InChI is InChI=1S/C80H94N8O8.Cu/c1-9-17-41-89-65-49-33-25-26-34-50(49)66(90-42-18-10-2)58-57(65)73-81-74(58)86-76-61-62(70(94-46-22-14-6)54-38-30-29-37-53(54)69(61)93-45-21-13-5)78(83-76)88-80-64-63(71(95-47-23-15-7)55-39-31-32-40-56(55)72(64)96-48-24-16-8)79(84-80)87-77-60-59(75(82-77)85-73)67(91-43-19-11-3)51-35-27-28-36-52(51)68(60)92-44-20-12-4;/h25-40,81,84-88H,9-24,41-48H2,1-8H3;/q-2;+2. The maximum absolute atomic E-state index is 7.20. The fourth-order valence-corrected chi connectivity index (χ4v) is 13.3. The molecule has 0 saturated heterocycles. The van der Waals surface area contributed by atoms with Gasteiger partial charge in [0.15, 0.2) is 0 Å². The van der Waals surface area contributed by atoms with Gasteiger partial charge in [-0.15, -0.1) is 0 Å². The van der Waals surface area contributed by atoms with Gasteiger partial charge < -0.3 is 79.1 Å². The van der Waals surface area contributed by atoms with Crippen LogP contribution in [0.25, 0.3) is 86.2 Å². The van der Waals surface area contributed by atoms with E-state index >= 15 is 0 Å². The molecule has 0 amide bonds. The van der Waals surface area contributed by atoms with Crippen LogP contribution >= 0.6 is 0 Å². The van der Waals surface area contributed by atoms with E-state index in [9.17, 15) is 0 Å². The molecule has 0 unspecified atom stereocenters. The molecule has 513 valence electrons. The number of nitrogens with one attached hydrogen (secondary N) is 6. The maximum atomic E-state index is 7.20. The number of benzene rings is 8. The van der Waals surface area contributed by atoms with Gasteiger partial charge in [0.25, 0.3) is 0 Å². The molecule has 12 aromatic rings. The van der Waals surface area contributed by atoms with E-state index < -0.39 is 0 Å². The van der Waals surface area contributed by atoms with Crippen molar-refractivity contribution < 1.29 is 55.0 Å². The summed E-state index contributed by atoms with van der Waals surface area (Å²) in [5.74, 6) is 10.2. The Bertz CT molecular complexity index is 3850. The summed E-state index contributed by atoms with van der Waals surface area (Å²) in [7, 11) is 0. The number of aromatic amines is 2. The van der Waals surface area contributed by atoms with Crippen LogP contribution in [0.2, 0.25) is 0 Å². The average Bonchev–Trinajstić information content (AvgIpc) is 1.58. The van der Waals surface area contributed by atoms with Crippen molar-refractivity contribution in [3.8, 4) is 46.0 Å². The SMILES string of the molecule is CCCCOc1c2ccccc2c(OCCCC)c2c3[n-]c(c12)Nc1[nH]c(c2c(OCCCC)c4ccccc4c(OCCCC)c12)Nc1[n-]c(c2c(OCCCC)c4ccccc4c(OCCCC)c12)Nc1[nH]c(c2c(OCCCC)c4ccccc4c(OCCCC)c12)N3.[Cu+2]. The Balaban J connectivity index is 0.00000897. The van der Waals surface area contributed by atoms with Gasteiger partial charge in [-0.25, -0.2) is 0 Å². The number of rotatable bonds is 32. The fourth-order valence-electron chi connectivity index (χ4n) is 13.3. The molecule has 13 rings (SSSR count). The largest absolute Gasteiger partial charge is 2.00 e. The monoisotopic (exact) mass is 1360 g/mol. The van der Waals surface area contributed by atoms with Gasteiger partial charge in [0.05, 0.1) is 97.7 Å². The minimum absolute atomic E-state index is 0. The van der Waals surface area contributed by atoms with Crippen LogP contribution in [0, 0.1) is 0 Å². The van der Waals surface area contributed by atoms with E-state index in [0.29, 0.717) is 145 Å². The number of anilines is 8. The summed E-state index contributed by atoms with van der Waals surface area (Å²) in [6.07, 6.45) is 14.3. The Morgan fingerprint density at radius 3 is 0.546 bits per heavy atom. The molecule has 0 aliphatic carbocycles. The molecule has 97 heavy (non-hydrogen) atoms. The Morgan fingerprint density at radius 2 is 0.392 bits per heavy atom. The normalized spacial score (nSPS) is 12.1. The van der Waals surface area contributed by atoms with E-state index in [2.05, 4.69) is 184 Å². The topological polar surface area (TPSA) is 182 Å². The zero-order valence-electron chi connectivity index (χ0n) is 57.7. The molecule has 8 bridgehead atoms. The number of aromatic nitrogens is 4. The first-order valence-corrected chi connectivity index (χ1v) is 35.8. The molecular weight excluding hydrogens is 1260 g/mol. The van der Waals surface area contributed by atoms with Gasteiger partial charge >= 0.3 is 17.1 Å². The first-order valence-electron chi connectivity index (χ1n) is 35.8. The van der Waals surface area contributed by atoms with E-state index in [1.807, 2.05) is 0 Å². The Kier molecular flexibility index (Phi) is 22.1. The quantitative estimate of drug-likeness (QED) is 0.0173. The third kappa shape index (κ3) is 13.1. The number of nitrogens with zero attached hydrogens (tertiary/aromatic N) is 2. The smallest absolute Gasteiger partial charge is 0.492 e. The molecule has 1 aliphatic heterocycles. The van der Waals surface area contributed by atoms with Crippen LogP contribution in [-0.2, 0) is 17.1 Å². The number of ether oxygens (including phenoxy) is 8. The number of H-pyrrole nitrogens is 2. The zero-order chi connectivity index (χ0) is 66.1. The fraction of sp³-hybridized carbons (Fsp3) is 0.400. The molecule has 17 heteroatoms. The van der Waals surface area contributed by atoms with Gasteiger partial charge in [0.2, 0.25) is 0 Å². The van der Waals surface area contributed by atoms with Crippen molar-refractivity contribution in [2.45, 2.75) is 158 Å². The van der Waals surface area contributed by atoms with Crippen LogP contribution in [0.1, 0.15) is 158 Å². The summed E-state index contributed by atoms with van der Waals surface area (Å²) in [6, 6.07) is 33.7. The van der Waals surface area contributed by atoms with E-state index in [0.717, 1.165) is 189 Å². The maximum Gasteiger partial charge on any atom is 2.00 e. The van der Waals surface area contributed by atoms with Gasteiger partial charge in [0.1, 0.15) is 46.0 Å². The second kappa shape index (κ2) is 31.5. The Labute approximate surface area is 579 Å². The third-order valence-electron chi connectivity index (χ3n) is 18.3. The molecule has 6 N–H and O–H groups in total. The second-order valence-corrected chi connectivity index (χ2v) is 25.3. The predicted molar refractivity (Wildman–Crippen MR) is 398 cm³/mol. The molecular formula is C80H94CuN8O8. The van der Waals surface area contributed by atoms with Crippen LogP contribution in [0.3, 0.4) is 0 Å². The average molecular weight is 1360 g/mol. The molecule has 0 atom stereocenters. The van der Waals surface area contributed by atoms with Crippen LogP contribution in [0.5, 0.6) is 46.0 Å². The van der Waals surface area contributed by atoms with E-state index in [1.54, 1.807) is 0 Å². The molecule has 0 fully saturated rings. The van der Waals surface area contributed by atoms with E-state index in [4.69, 9.17) is 47.9 Å². The number of hydrogen-bond acceptors (Lipinski definition) is 12. The number of hydrogen-bond donors (Lipinski definition) is 6. The third-order valence-corrected chi connectivity index (χ3v) is 18.3. The molecule has 8 aromatic carbocycles. The predicted octanol–water partition coefficient (Wildman–Crippen LogP) is 22.2. The van der Waals surface area contributed by atoms with Gasteiger partial charge in [-0.05, 0) is 51.4 Å². The van der Waals surface area contributed by atoms with Gasteiger partial charge in [-0.2, -0.15) is 0 Å². The number of unbranched alkanes of at least 4 members (excludes halogenated alkanes) is 8. The van der Waals surface area contributed by atoms with Gasteiger partial charge in [-0.1, -0.05) is 204 Å². The minimum atomic E-state index is 0. The van der Waals surface area contributed by atoms with Crippen LogP contribution < -0.4 is 69.1 Å². The van der Waals surface area contributed by atoms with Crippen molar-refractivity contribution in [3.63, 3.8) is 0 Å². The molecule has 5 heterocycles. The Morgan fingerprint density at radius 1 is 0.237 bits per heavy atom. The van der Waals surface area contributed by atoms with E-state index in [1.165, 1.54) is 0 Å². The van der Waals surface area contributed by atoms with Crippen molar-refractivity contribution in [1.29, 1.82) is 0 Å². The number of fused-ring (bicyclic) bond motifs is 24. The van der Waals surface area contributed by atoms with E-state index in [-0.39, 0.29) is 17.1 Å². The molecule has 1 aliphatic rings. The van der Waals surface area contributed by atoms with Crippen molar-refractivity contribution in [2.24, 2.45) is 0 Å². The van der Waals surface area contributed by atoms with Crippen LogP contribution in [0.4, 0.5) is 46.5 Å². The van der Waals surface area contributed by atoms with Crippen LogP contribution in [-0.4, -0.2) is 62.8 Å². The minimum Gasteiger partial charge on any atom is -0.492 e. The Hall–Kier alpha value is -8.92. The summed E-state index contributed by atoms with van der Waals surface area (Å²) in [5, 5.41) is 29.6. The first-order chi connectivity index (χ1) is 47.4. The van der Waals surface area contributed by atoms with Crippen molar-refractivity contribution in [3.05, 3.63) is 97.1 Å². The zero-order valence-corrected chi connectivity index (χ0v) is 58.6.